The predicted octanol–water partition coefficient (Wildman–Crippen LogP) is 1.00. The van der Waals surface area contributed by atoms with E-state index >= 15 is 0 Å². The number of piperidine rings is 1. The minimum Gasteiger partial charge on any atom is -0.349 e. The SMILES string of the molecule is CN1CCN(CC(C)(C)C)C(C2NC(=O)CN3CCCCC23)C1. The minimum absolute atomic E-state index is 0.220. The Balaban J connectivity index is 1.80. The molecule has 0 radical (unpaired) electrons. The fraction of sp³-hybridized carbons (Fsp3) is 0.944. The summed E-state index contributed by atoms with van der Waals surface area (Å²) in [6, 6.07) is 1.24. The van der Waals surface area contributed by atoms with E-state index in [4.69, 9.17) is 0 Å². The zero-order valence-corrected chi connectivity index (χ0v) is 15.3. The van der Waals surface area contributed by atoms with Crippen molar-refractivity contribution in [2.75, 3.05) is 46.3 Å². The summed E-state index contributed by atoms with van der Waals surface area (Å²) in [6.07, 6.45) is 3.77. The van der Waals surface area contributed by atoms with Gasteiger partial charge >= 0.3 is 0 Å². The van der Waals surface area contributed by atoms with Crippen molar-refractivity contribution in [3.05, 3.63) is 0 Å². The molecule has 3 fully saturated rings. The van der Waals surface area contributed by atoms with Crippen molar-refractivity contribution in [1.82, 2.24) is 20.0 Å². The van der Waals surface area contributed by atoms with Crippen LogP contribution >= 0.6 is 0 Å². The maximum absolute atomic E-state index is 12.3. The molecule has 0 aromatic heterocycles. The van der Waals surface area contributed by atoms with Crippen LogP contribution in [0.15, 0.2) is 0 Å². The zero-order valence-electron chi connectivity index (χ0n) is 15.3. The van der Waals surface area contributed by atoms with Gasteiger partial charge in [0.2, 0.25) is 5.91 Å². The molecule has 3 saturated heterocycles. The van der Waals surface area contributed by atoms with Crippen LogP contribution in [0.4, 0.5) is 0 Å². The molecule has 0 spiro atoms. The van der Waals surface area contributed by atoms with Crippen molar-refractivity contribution in [3.63, 3.8) is 0 Å². The standard InChI is InChI=1S/C18H34N4O/c1-18(2,3)13-22-10-9-20(4)11-15(22)17-14-7-5-6-8-21(14)12-16(23)19-17/h14-15,17H,5-13H2,1-4H3,(H,19,23). The van der Waals surface area contributed by atoms with Gasteiger partial charge in [0.05, 0.1) is 12.6 Å². The molecule has 0 aliphatic carbocycles. The van der Waals surface area contributed by atoms with Crippen LogP contribution in [0.1, 0.15) is 40.0 Å². The molecular weight excluding hydrogens is 288 g/mol. The van der Waals surface area contributed by atoms with E-state index in [1.165, 1.54) is 19.3 Å². The number of nitrogens with zero attached hydrogens (tertiary/aromatic N) is 3. The molecule has 1 N–H and O–H groups in total. The first-order valence-corrected chi connectivity index (χ1v) is 9.29. The molecule has 3 rings (SSSR count). The Kier molecular flexibility index (Phi) is 5.00. The van der Waals surface area contributed by atoms with Gasteiger partial charge in [0.25, 0.3) is 0 Å². The van der Waals surface area contributed by atoms with Gasteiger partial charge in [-0.2, -0.15) is 0 Å². The Morgan fingerprint density at radius 1 is 1.13 bits per heavy atom. The van der Waals surface area contributed by atoms with Gasteiger partial charge in [-0.1, -0.05) is 27.2 Å². The fourth-order valence-corrected chi connectivity index (χ4v) is 4.62. The number of nitrogens with one attached hydrogen (secondary N) is 1. The molecule has 3 unspecified atom stereocenters. The Morgan fingerprint density at radius 2 is 1.91 bits per heavy atom. The maximum Gasteiger partial charge on any atom is 0.234 e. The third-order valence-electron chi connectivity index (χ3n) is 5.58. The van der Waals surface area contributed by atoms with Crippen LogP contribution in [0.5, 0.6) is 0 Å². The normalized spacial score (nSPS) is 35.0. The summed E-state index contributed by atoms with van der Waals surface area (Å²) >= 11 is 0. The van der Waals surface area contributed by atoms with E-state index in [2.05, 4.69) is 47.8 Å². The molecule has 0 bridgehead atoms. The number of rotatable bonds is 2. The van der Waals surface area contributed by atoms with Crippen LogP contribution in [0.2, 0.25) is 0 Å². The average molecular weight is 322 g/mol. The third kappa shape index (κ3) is 4.06. The second-order valence-electron chi connectivity index (χ2n) is 8.99. The number of fused-ring (bicyclic) bond motifs is 1. The topological polar surface area (TPSA) is 38.8 Å². The molecular formula is C18H34N4O. The van der Waals surface area contributed by atoms with E-state index in [0.29, 0.717) is 24.0 Å². The largest absolute Gasteiger partial charge is 0.349 e. The van der Waals surface area contributed by atoms with Crippen LogP contribution in [-0.4, -0.2) is 85.0 Å². The van der Waals surface area contributed by atoms with E-state index < -0.39 is 0 Å². The molecule has 3 aliphatic rings. The van der Waals surface area contributed by atoms with Crippen molar-refractivity contribution >= 4 is 5.91 Å². The lowest BCUT2D eigenvalue weighted by Crippen LogP contribution is -2.71. The quantitative estimate of drug-likeness (QED) is 0.823. The molecule has 132 valence electrons. The summed E-state index contributed by atoms with van der Waals surface area (Å²) in [6.45, 7) is 13.0. The number of hydrogen-bond acceptors (Lipinski definition) is 4. The third-order valence-corrected chi connectivity index (χ3v) is 5.58. The Labute approximate surface area is 141 Å². The van der Waals surface area contributed by atoms with Gasteiger partial charge < -0.3 is 10.2 Å². The molecule has 23 heavy (non-hydrogen) atoms. The van der Waals surface area contributed by atoms with E-state index in [1.807, 2.05) is 0 Å². The van der Waals surface area contributed by atoms with Gasteiger partial charge in [-0.25, -0.2) is 0 Å². The van der Waals surface area contributed by atoms with Crippen molar-refractivity contribution < 1.29 is 4.79 Å². The highest BCUT2D eigenvalue weighted by Gasteiger charge is 2.44. The van der Waals surface area contributed by atoms with E-state index in [9.17, 15) is 4.79 Å². The predicted molar refractivity (Wildman–Crippen MR) is 93.5 cm³/mol. The van der Waals surface area contributed by atoms with Crippen LogP contribution in [0.3, 0.4) is 0 Å². The highest BCUT2D eigenvalue weighted by atomic mass is 16.2. The fourth-order valence-electron chi connectivity index (χ4n) is 4.62. The highest BCUT2D eigenvalue weighted by Crippen LogP contribution is 2.28. The van der Waals surface area contributed by atoms with E-state index in [-0.39, 0.29) is 11.9 Å². The lowest BCUT2D eigenvalue weighted by molar-refractivity contribution is -0.130. The molecule has 0 saturated carbocycles. The Bertz CT molecular complexity index is 433. The summed E-state index contributed by atoms with van der Waals surface area (Å²) in [5.41, 5.74) is 0.291. The van der Waals surface area contributed by atoms with Crippen LogP contribution in [-0.2, 0) is 4.79 Å². The Morgan fingerprint density at radius 3 is 2.65 bits per heavy atom. The molecule has 1 amide bonds. The van der Waals surface area contributed by atoms with Gasteiger partial charge in [0.1, 0.15) is 0 Å². The van der Waals surface area contributed by atoms with E-state index in [0.717, 1.165) is 32.7 Å². The smallest absolute Gasteiger partial charge is 0.234 e. The summed E-state index contributed by atoms with van der Waals surface area (Å²) in [7, 11) is 2.21. The molecule has 3 atom stereocenters. The summed E-state index contributed by atoms with van der Waals surface area (Å²) in [5.74, 6) is 0.220. The number of likely N-dealkylation sites (N-methyl/N-ethyl adjacent to an activating group) is 1. The summed E-state index contributed by atoms with van der Waals surface area (Å²) < 4.78 is 0. The minimum atomic E-state index is 0.220. The molecule has 3 heterocycles. The molecule has 0 aromatic carbocycles. The van der Waals surface area contributed by atoms with Crippen molar-refractivity contribution in [2.24, 2.45) is 5.41 Å². The number of carbonyl (C=O) groups is 1. The second-order valence-corrected chi connectivity index (χ2v) is 8.99. The van der Waals surface area contributed by atoms with Crippen LogP contribution in [0.25, 0.3) is 0 Å². The first-order chi connectivity index (χ1) is 10.8. The van der Waals surface area contributed by atoms with Crippen LogP contribution in [0, 0.1) is 5.41 Å². The lowest BCUT2D eigenvalue weighted by Gasteiger charge is -2.52. The maximum atomic E-state index is 12.3. The van der Waals surface area contributed by atoms with Gasteiger partial charge in [-0.3, -0.25) is 14.6 Å². The Hall–Kier alpha value is -0.650. The van der Waals surface area contributed by atoms with Gasteiger partial charge in [-0.15, -0.1) is 0 Å². The summed E-state index contributed by atoms with van der Waals surface area (Å²) in [5, 5.41) is 3.37. The second kappa shape index (κ2) is 6.69. The molecule has 5 heteroatoms. The number of carbonyl (C=O) groups excluding carboxylic acids is 1. The number of piperazine rings is 2. The monoisotopic (exact) mass is 322 g/mol. The first-order valence-electron chi connectivity index (χ1n) is 9.29. The number of hydrogen-bond donors (Lipinski definition) is 1. The van der Waals surface area contributed by atoms with Crippen LogP contribution < -0.4 is 5.32 Å². The van der Waals surface area contributed by atoms with Gasteiger partial charge in [0.15, 0.2) is 0 Å². The average Bonchev–Trinajstić information content (AvgIpc) is 2.47. The first kappa shape index (κ1) is 17.2. The van der Waals surface area contributed by atoms with Crippen molar-refractivity contribution in [2.45, 2.75) is 58.2 Å². The molecule has 5 nitrogen and oxygen atoms in total. The van der Waals surface area contributed by atoms with Crippen molar-refractivity contribution in [1.29, 1.82) is 0 Å². The highest BCUT2D eigenvalue weighted by molar-refractivity contribution is 5.79. The van der Waals surface area contributed by atoms with Gasteiger partial charge in [-0.05, 0) is 31.8 Å². The summed E-state index contributed by atoms with van der Waals surface area (Å²) in [4.78, 5) is 19.8. The molecule has 3 aliphatic heterocycles. The number of amides is 1. The lowest BCUT2D eigenvalue weighted by atomic mass is 9.86. The zero-order chi connectivity index (χ0) is 16.6. The molecule has 0 aromatic rings. The van der Waals surface area contributed by atoms with Crippen molar-refractivity contribution in [3.8, 4) is 0 Å². The van der Waals surface area contributed by atoms with E-state index in [1.54, 1.807) is 0 Å². The van der Waals surface area contributed by atoms with Gasteiger partial charge in [0, 0.05) is 38.3 Å².